The number of aliphatic hydroxyl groups excluding tert-OH is 1. The molecule has 88 valence electrons. The summed E-state index contributed by atoms with van der Waals surface area (Å²) in [6.07, 6.45) is 0.834. The average molecular weight is 244 g/mol. The molecule has 1 aromatic carbocycles. The molecule has 1 aliphatic carbocycles. The molecule has 1 heterocycles. The zero-order valence-corrected chi connectivity index (χ0v) is 10.7. The van der Waals surface area contributed by atoms with Crippen molar-refractivity contribution in [3.63, 3.8) is 0 Å². The van der Waals surface area contributed by atoms with E-state index in [-0.39, 0.29) is 6.10 Å². The molecule has 2 aromatic rings. The summed E-state index contributed by atoms with van der Waals surface area (Å²) < 4.78 is 0. The van der Waals surface area contributed by atoms with Gasteiger partial charge in [-0.1, -0.05) is 30.3 Å². The van der Waals surface area contributed by atoms with Crippen LogP contribution in [-0.2, 0) is 0 Å². The molecule has 0 saturated heterocycles. The molecular formula is C15H16OS. The quantitative estimate of drug-likeness (QED) is 0.868. The fraction of sp³-hybridized carbons (Fsp3) is 0.333. The summed E-state index contributed by atoms with van der Waals surface area (Å²) in [6.45, 7) is 2.09. The third-order valence-corrected chi connectivity index (χ3v) is 4.60. The number of rotatable bonds is 3. The van der Waals surface area contributed by atoms with Crippen LogP contribution in [0.2, 0.25) is 0 Å². The van der Waals surface area contributed by atoms with Gasteiger partial charge in [0.05, 0.1) is 6.10 Å². The lowest BCUT2D eigenvalue weighted by molar-refractivity contribution is 0.155. The van der Waals surface area contributed by atoms with Gasteiger partial charge in [-0.05, 0) is 42.9 Å². The highest BCUT2D eigenvalue weighted by Gasteiger charge is 2.44. The highest BCUT2D eigenvalue weighted by atomic mass is 32.1. The van der Waals surface area contributed by atoms with Crippen LogP contribution in [0, 0.1) is 12.8 Å². The normalized spacial score (nSPS) is 24.6. The molecular weight excluding hydrogens is 228 g/mol. The molecule has 1 saturated carbocycles. The Bertz CT molecular complexity index is 503. The highest BCUT2D eigenvalue weighted by Crippen LogP contribution is 2.54. The molecule has 3 rings (SSSR count). The highest BCUT2D eigenvalue weighted by molar-refractivity contribution is 7.12. The van der Waals surface area contributed by atoms with E-state index in [4.69, 9.17) is 0 Å². The van der Waals surface area contributed by atoms with E-state index in [1.54, 1.807) is 11.3 Å². The number of hydrogen-bond donors (Lipinski definition) is 1. The smallest absolute Gasteiger partial charge is 0.0916 e. The van der Waals surface area contributed by atoms with E-state index in [0.717, 1.165) is 11.3 Å². The lowest BCUT2D eigenvalue weighted by atomic mass is 10.1. The van der Waals surface area contributed by atoms with Gasteiger partial charge >= 0.3 is 0 Å². The fourth-order valence-corrected chi connectivity index (χ4v) is 3.41. The number of thiophene rings is 1. The van der Waals surface area contributed by atoms with Gasteiger partial charge in [-0.25, -0.2) is 0 Å². The zero-order valence-electron chi connectivity index (χ0n) is 9.84. The summed E-state index contributed by atoms with van der Waals surface area (Å²) in [7, 11) is 0. The van der Waals surface area contributed by atoms with E-state index in [2.05, 4.69) is 43.3 Å². The topological polar surface area (TPSA) is 20.2 Å². The van der Waals surface area contributed by atoms with Gasteiger partial charge in [-0.15, -0.1) is 11.3 Å². The van der Waals surface area contributed by atoms with Crippen molar-refractivity contribution in [2.75, 3.05) is 0 Å². The van der Waals surface area contributed by atoms with Gasteiger partial charge < -0.3 is 5.11 Å². The molecule has 0 bridgehead atoms. The Morgan fingerprint density at radius 1 is 1.18 bits per heavy atom. The third-order valence-electron chi connectivity index (χ3n) is 3.53. The first-order valence-corrected chi connectivity index (χ1v) is 6.86. The minimum atomic E-state index is -0.279. The van der Waals surface area contributed by atoms with Crippen molar-refractivity contribution in [1.29, 1.82) is 0 Å². The zero-order chi connectivity index (χ0) is 11.8. The maximum Gasteiger partial charge on any atom is 0.0916 e. The molecule has 1 fully saturated rings. The molecule has 0 radical (unpaired) electrons. The van der Waals surface area contributed by atoms with Gasteiger partial charge in [-0.2, -0.15) is 0 Å². The SMILES string of the molecule is Cc1ccc(C(O)C2CC2c2ccccc2)s1. The third kappa shape index (κ3) is 2.15. The first-order valence-electron chi connectivity index (χ1n) is 6.05. The molecule has 17 heavy (non-hydrogen) atoms. The maximum atomic E-state index is 10.3. The fourth-order valence-electron chi connectivity index (χ4n) is 2.47. The van der Waals surface area contributed by atoms with Crippen LogP contribution in [0.1, 0.15) is 33.8 Å². The van der Waals surface area contributed by atoms with Gasteiger partial charge in [0.1, 0.15) is 0 Å². The lowest BCUT2D eigenvalue weighted by Gasteiger charge is -2.07. The van der Waals surface area contributed by atoms with Gasteiger partial charge in [0.25, 0.3) is 0 Å². The van der Waals surface area contributed by atoms with Crippen LogP contribution in [0.3, 0.4) is 0 Å². The summed E-state index contributed by atoms with van der Waals surface area (Å²) in [5, 5.41) is 10.3. The van der Waals surface area contributed by atoms with Gasteiger partial charge in [0.2, 0.25) is 0 Å². The van der Waals surface area contributed by atoms with Crippen molar-refractivity contribution in [3.8, 4) is 0 Å². The minimum absolute atomic E-state index is 0.279. The van der Waals surface area contributed by atoms with Gasteiger partial charge in [0.15, 0.2) is 0 Å². The van der Waals surface area contributed by atoms with Crippen LogP contribution >= 0.6 is 11.3 Å². The van der Waals surface area contributed by atoms with Gasteiger partial charge in [0, 0.05) is 9.75 Å². The molecule has 0 spiro atoms. The van der Waals surface area contributed by atoms with Crippen LogP contribution in [0.15, 0.2) is 42.5 Å². The Hall–Kier alpha value is -1.12. The monoisotopic (exact) mass is 244 g/mol. The molecule has 3 atom stereocenters. The van der Waals surface area contributed by atoms with Crippen LogP contribution < -0.4 is 0 Å². The summed E-state index contributed by atoms with van der Waals surface area (Å²) in [5.74, 6) is 0.962. The van der Waals surface area contributed by atoms with Crippen molar-refractivity contribution >= 4 is 11.3 Å². The van der Waals surface area contributed by atoms with Crippen molar-refractivity contribution in [1.82, 2.24) is 0 Å². The second-order valence-electron chi connectivity index (χ2n) is 4.81. The van der Waals surface area contributed by atoms with Crippen LogP contribution in [0.4, 0.5) is 0 Å². The molecule has 1 N–H and O–H groups in total. The van der Waals surface area contributed by atoms with Crippen LogP contribution in [0.5, 0.6) is 0 Å². The van der Waals surface area contributed by atoms with Crippen LogP contribution in [0.25, 0.3) is 0 Å². The second-order valence-corrected chi connectivity index (χ2v) is 6.13. The number of aryl methyl sites for hydroxylation is 1. The summed E-state index contributed by atoms with van der Waals surface area (Å²) >= 11 is 1.71. The molecule has 0 amide bonds. The molecule has 1 aliphatic rings. The Morgan fingerprint density at radius 3 is 2.59 bits per heavy atom. The standard InChI is InChI=1S/C15H16OS/c1-10-7-8-14(17-10)15(16)13-9-12(13)11-5-3-2-4-6-11/h2-8,12-13,15-16H,9H2,1H3. The van der Waals surface area contributed by atoms with Crippen molar-refractivity contribution in [3.05, 3.63) is 57.8 Å². The Kier molecular flexibility index (Phi) is 2.77. The molecule has 3 unspecified atom stereocenters. The van der Waals surface area contributed by atoms with E-state index in [9.17, 15) is 5.11 Å². The molecule has 2 heteroatoms. The maximum absolute atomic E-state index is 10.3. The van der Waals surface area contributed by atoms with Gasteiger partial charge in [-0.3, -0.25) is 0 Å². The van der Waals surface area contributed by atoms with Crippen LogP contribution in [-0.4, -0.2) is 5.11 Å². The van der Waals surface area contributed by atoms with E-state index in [1.165, 1.54) is 10.4 Å². The number of hydrogen-bond acceptors (Lipinski definition) is 2. The van der Waals surface area contributed by atoms with Crippen molar-refractivity contribution in [2.24, 2.45) is 5.92 Å². The summed E-state index contributed by atoms with van der Waals surface area (Å²) in [6, 6.07) is 14.7. The first kappa shape index (κ1) is 11.0. The number of aliphatic hydroxyl groups is 1. The van der Waals surface area contributed by atoms with E-state index in [1.807, 2.05) is 6.07 Å². The lowest BCUT2D eigenvalue weighted by Crippen LogP contribution is -1.98. The van der Waals surface area contributed by atoms with E-state index >= 15 is 0 Å². The Labute approximate surface area is 106 Å². The van der Waals surface area contributed by atoms with E-state index < -0.39 is 0 Å². The molecule has 1 aromatic heterocycles. The number of benzene rings is 1. The Balaban J connectivity index is 1.73. The summed E-state index contributed by atoms with van der Waals surface area (Å²) in [5.41, 5.74) is 1.37. The average Bonchev–Trinajstić information content (AvgIpc) is 3.05. The largest absolute Gasteiger partial charge is 0.387 e. The molecule has 0 aliphatic heterocycles. The Morgan fingerprint density at radius 2 is 1.94 bits per heavy atom. The predicted molar refractivity (Wildman–Crippen MR) is 71.3 cm³/mol. The van der Waals surface area contributed by atoms with Crippen molar-refractivity contribution in [2.45, 2.75) is 25.4 Å². The molecule has 1 nitrogen and oxygen atoms in total. The first-order chi connectivity index (χ1) is 8.25. The summed E-state index contributed by atoms with van der Waals surface area (Å²) in [4.78, 5) is 2.39. The predicted octanol–water partition coefficient (Wildman–Crippen LogP) is 3.89. The second kappa shape index (κ2) is 4.28. The minimum Gasteiger partial charge on any atom is -0.387 e. The van der Waals surface area contributed by atoms with Crippen molar-refractivity contribution < 1.29 is 5.11 Å². The van der Waals surface area contributed by atoms with E-state index in [0.29, 0.717) is 11.8 Å².